The number of rotatable bonds is 8. The topological polar surface area (TPSA) is 94.6 Å². The number of para-hydroxylation sites is 1. The van der Waals surface area contributed by atoms with Crippen molar-refractivity contribution >= 4 is 29.2 Å². The van der Waals surface area contributed by atoms with Gasteiger partial charge in [-0.05, 0) is 56.6 Å². The van der Waals surface area contributed by atoms with E-state index in [9.17, 15) is 14.4 Å². The van der Waals surface area contributed by atoms with Crippen LogP contribution in [-0.2, 0) is 14.4 Å². The van der Waals surface area contributed by atoms with Gasteiger partial charge in [0.05, 0.1) is 19.6 Å². The van der Waals surface area contributed by atoms with Gasteiger partial charge in [0.1, 0.15) is 5.82 Å². The molecule has 0 aliphatic rings. The summed E-state index contributed by atoms with van der Waals surface area (Å²) in [5, 5.41) is 5.57. The number of carbonyl (C=O) groups is 3. The van der Waals surface area contributed by atoms with E-state index in [0.29, 0.717) is 5.82 Å². The van der Waals surface area contributed by atoms with Gasteiger partial charge in [0, 0.05) is 18.9 Å². The number of hydrogen-bond donors (Lipinski definition) is 2. The number of likely N-dealkylation sites (N-methyl/N-ethyl adjacent to an activating group) is 2. The van der Waals surface area contributed by atoms with Gasteiger partial charge in [0.15, 0.2) is 0 Å². The number of anilines is 2. The molecule has 2 N–H and O–H groups in total. The first-order chi connectivity index (χ1) is 14.2. The number of benzene rings is 1. The van der Waals surface area contributed by atoms with E-state index in [2.05, 4.69) is 15.6 Å². The summed E-state index contributed by atoms with van der Waals surface area (Å²) in [6, 6.07) is 9.38. The van der Waals surface area contributed by atoms with Gasteiger partial charge >= 0.3 is 0 Å². The number of carbonyl (C=O) groups excluding carboxylic acids is 3. The van der Waals surface area contributed by atoms with Gasteiger partial charge < -0.3 is 15.5 Å². The summed E-state index contributed by atoms with van der Waals surface area (Å²) in [6.45, 7) is 5.73. The molecule has 8 nitrogen and oxygen atoms in total. The molecule has 0 saturated heterocycles. The summed E-state index contributed by atoms with van der Waals surface area (Å²) < 4.78 is 0. The molecule has 2 rings (SSSR count). The molecule has 0 aliphatic carbocycles. The van der Waals surface area contributed by atoms with Gasteiger partial charge in [-0.2, -0.15) is 0 Å². The van der Waals surface area contributed by atoms with Crippen LogP contribution in [0.2, 0.25) is 0 Å². The minimum absolute atomic E-state index is 0.0157. The number of nitrogens with one attached hydrogen (secondary N) is 2. The second kappa shape index (κ2) is 10.5. The van der Waals surface area contributed by atoms with Crippen molar-refractivity contribution in [2.75, 3.05) is 44.4 Å². The van der Waals surface area contributed by atoms with E-state index in [1.54, 1.807) is 31.3 Å². The number of nitrogens with zero attached hydrogens (tertiary/aromatic N) is 3. The van der Waals surface area contributed by atoms with Gasteiger partial charge in [-0.1, -0.05) is 18.2 Å². The normalized spacial score (nSPS) is 10.6. The summed E-state index contributed by atoms with van der Waals surface area (Å²) >= 11 is 0. The van der Waals surface area contributed by atoms with Crippen molar-refractivity contribution in [3.8, 4) is 0 Å². The molecule has 2 aromatic rings. The summed E-state index contributed by atoms with van der Waals surface area (Å²) in [5.41, 5.74) is 3.68. The van der Waals surface area contributed by atoms with Crippen LogP contribution in [0.1, 0.15) is 16.7 Å². The highest BCUT2D eigenvalue weighted by molar-refractivity contribution is 5.96. The highest BCUT2D eigenvalue weighted by atomic mass is 16.2. The molecule has 0 unspecified atom stereocenters. The second-order valence-electron chi connectivity index (χ2n) is 7.50. The maximum Gasteiger partial charge on any atom is 0.243 e. The molecule has 160 valence electrons. The Balaban J connectivity index is 1.81. The Kier molecular flexibility index (Phi) is 8.06. The zero-order chi connectivity index (χ0) is 22.3. The zero-order valence-electron chi connectivity index (χ0n) is 18.2. The summed E-state index contributed by atoms with van der Waals surface area (Å²) in [5.74, 6) is -0.316. The molecule has 0 aliphatic heterocycles. The quantitative estimate of drug-likeness (QED) is 0.693. The molecule has 8 heteroatoms. The van der Waals surface area contributed by atoms with E-state index >= 15 is 0 Å². The number of aromatic nitrogens is 1. The molecule has 1 aromatic carbocycles. The van der Waals surface area contributed by atoms with Crippen LogP contribution >= 0.6 is 0 Å². The maximum absolute atomic E-state index is 12.4. The van der Waals surface area contributed by atoms with Crippen LogP contribution in [0.15, 0.2) is 36.5 Å². The molecule has 3 amide bonds. The van der Waals surface area contributed by atoms with Crippen molar-refractivity contribution in [3.63, 3.8) is 0 Å². The molecule has 1 heterocycles. The van der Waals surface area contributed by atoms with Crippen molar-refractivity contribution in [1.29, 1.82) is 0 Å². The Morgan fingerprint density at radius 1 is 0.900 bits per heavy atom. The first-order valence-electron chi connectivity index (χ1n) is 9.66. The molecule has 0 bridgehead atoms. The second-order valence-corrected chi connectivity index (χ2v) is 7.50. The molecular formula is C22H29N5O3. The van der Waals surface area contributed by atoms with Crippen LogP contribution in [0.25, 0.3) is 0 Å². The lowest BCUT2D eigenvalue weighted by Crippen LogP contribution is -2.42. The van der Waals surface area contributed by atoms with Crippen LogP contribution in [0, 0.1) is 20.8 Å². The van der Waals surface area contributed by atoms with E-state index in [4.69, 9.17) is 0 Å². The van der Waals surface area contributed by atoms with E-state index in [0.717, 1.165) is 22.4 Å². The fourth-order valence-corrected chi connectivity index (χ4v) is 2.93. The Labute approximate surface area is 177 Å². The Hall–Kier alpha value is -3.26. The van der Waals surface area contributed by atoms with E-state index in [1.807, 2.05) is 45.0 Å². The zero-order valence-corrected chi connectivity index (χ0v) is 18.2. The average molecular weight is 412 g/mol. The number of aryl methyl sites for hydroxylation is 3. The molecule has 0 saturated carbocycles. The average Bonchev–Trinajstić information content (AvgIpc) is 2.64. The van der Waals surface area contributed by atoms with Crippen molar-refractivity contribution in [2.45, 2.75) is 20.8 Å². The van der Waals surface area contributed by atoms with Gasteiger partial charge in [0.25, 0.3) is 0 Å². The van der Waals surface area contributed by atoms with Gasteiger partial charge in [-0.3, -0.25) is 19.3 Å². The number of hydrogen-bond acceptors (Lipinski definition) is 5. The third kappa shape index (κ3) is 6.97. The van der Waals surface area contributed by atoms with Gasteiger partial charge in [-0.25, -0.2) is 4.98 Å². The van der Waals surface area contributed by atoms with E-state index < -0.39 is 0 Å². The molecule has 0 atom stereocenters. The van der Waals surface area contributed by atoms with Crippen LogP contribution in [0.5, 0.6) is 0 Å². The lowest BCUT2D eigenvalue weighted by Gasteiger charge is -2.21. The van der Waals surface area contributed by atoms with E-state index in [1.165, 1.54) is 4.90 Å². The Bertz CT molecular complexity index is 908. The third-order valence-corrected chi connectivity index (χ3v) is 4.55. The number of pyridine rings is 1. The first-order valence-corrected chi connectivity index (χ1v) is 9.66. The predicted octanol–water partition coefficient (Wildman–Crippen LogP) is 1.97. The van der Waals surface area contributed by atoms with Crippen LogP contribution in [-0.4, -0.2) is 66.2 Å². The molecular weight excluding hydrogens is 382 g/mol. The minimum Gasteiger partial charge on any atom is -0.335 e. The Morgan fingerprint density at radius 2 is 1.53 bits per heavy atom. The highest BCUT2D eigenvalue weighted by Crippen LogP contribution is 2.19. The fourth-order valence-electron chi connectivity index (χ4n) is 2.93. The monoisotopic (exact) mass is 411 g/mol. The predicted molar refractivity (Wildman–Crippen MR) is 117 cm³/mol. The summed E-state index contributed by atoms with van der Waals surface area (Å²) in [4.78, 5) is 43.9. The fraction of sp³-hybridized carbons (Fsp3) is 0.364. The lowest BCUT2D eigenvalue weighted by atomic mass is 10.1. The van der Waals surface area contributed by atoms with Gasteiger partial charge in [-0.15, -0.1) is 0 Å². The highest BCUT2D eigenvalue weighted by Gasteiger charge is 2.17. The van der Waals surface area contributed by atoms with Crippen molar-refractivity contribution in [2.24, 2.45) is 0 Å². The third-order valence-electron chi connectivity index (χ3n) is 4.55. The number of amides is 3. The Morgan fingerprint density at radius 3 is 2.17 bits per heavy atom. The largest absolute Gasteiger partial charge is 0.335 e. The molecule has 0 radical (unpaired) electrons. The van der Waals surface area contributed by atoms with E-state index in [-0.39, 0.29) is 37.4 Å². The summed E-state index contributed by atoms with van der Waals surface area (Å²) in [7, 11) is 3.24. The SMILES string of the molecule is Cc1ccnc(NC(=O)CN(C)CC(=O)N(C)CC(=O)Nc2c(C)cccc2C)c1. The van der Waals surface area contributed by atoms with Crippen LogP contribution in [0.3, 0.4) is 0 Å². The molecule has 0 fully saturated rings. The van der Waals surface area contributed by atoms with Crippen molar-refractivity contribution in [1.82, 2.24) is 14.8 Å². The van der Waals surface area contributed by atoms with Crippen molar-refractivity contribution in [3.05, 3.63) is 53.2 Å². The van der Waals surface area contributed by atoms with Crippen molar-refractivity contribution < 1.29 is 14.4 Å². The standard InChI is InChI=1S/C22H29N5O3/c1-15-9-10-23-18(11-15)24-19(28)12-26(4)14-21(30)27(5)13-20(29)25-22-16(2)7-6-8-17(22)3/h6-11H,12-14H2,1-5H3,(H,25,29)(H,23,24,28). The van der Waals surface area contributed by atoms with Crippen LogP contribution in [0.4, 0.5) is 11.5 Å². The lowest BCUT2D eigenvalue weighted by molar-refractivity contribution is -0.134. The molecule has 1 aromatic heterocycles. The maximum atomic E-state index is 12.4. The van der Waals surface area contributed by atoms with Gasteiger partial charge in [0.2, 0.25) is 17.7 Å². The smallest absolute Gasteiger partial charge is 0.243 e. The molecule has 30 heavy (non-hydrogen) atoms. The minimum atomic E-state index is -0.269. The molecule has 0 spiro atoms. The first kappa shape index (κ1) is 23.0. The summed E-state index contributed by atoms with van der Waals surface area (Å²) in [6.07, 6.45) is 1.62. The van der Waals surface area contributed by atoms with Crippen LogP contribution < -0.4 is 10.6 Å².